The number of rotatable bonds is 2. The van der Waals surface area contributed by atoms with E-state index in [1.165, 1.54) is 80.3 Å². The van der Waals surface area contributed by atoms with Crippen LogP contribution in [0.5, 0.6) is 0 Å². The molecule has 0 spiro atoms. The Balaban J connectivity index is 1.20. The number of nitrogens with zero attached hydrogens (tertiary/aromatic N) is 2. The Kier molecular flexibility index (Phi) is 5.16. The predicted molar refractivity (Wildman–Crippen MR) is 208 cm³/mol. The zero-order valence-corrected chi connectivity index (χ0v) is 27.8. The largest absolute Gasteiger partial charge is 0.309 e. The van der Waals surface area contributed by atoms with Crippen molar-refractivity contribution in [3.05, 3.63) is 150 Å². The summed E-state index contributed by atoms with van der Waals surface area (Å²) in [5.74, 6) is 0. The lowest BCUT2D eigenvalue weighted by Gasteiger charge is -2.21. The first-order valence-electron chi connectivity index (χ1n) is 16.8. The minimum absolute atomic E-state index is 0.113. The Labute approximate surface area is 287 Å². The van der Waals surface area contributed by atoms with Crippen LogP contribution in [0.15, 0.2) is 133 Å². The summed E-state index contributed by atoms with van der Waals surface area (Å²) >= 11 is 1.86. The number of thiophene rings is 1. The monoisotopic (exact) mass is 640 g/mol. The second-order valence-electron chi connectivity index (χ2n) is 14.0. The summed E-state index contributed by atoms with van der Waals surface area (Å²) in [7, 11) is 0. The molecule has 3 heteroatoms. The average Bonchev–Trinajstić information content (AvgIpc) is 3.76. The van der Waals surface area contributed by atoms with Crippen LogP contribution in [0.1, 0.15) is 30.5 Å². The Morgan fingerprint density at radius 2 is 1.24 bits per heavy atom. The van der Waals surface area contributed by atoms with E-state index >= 15 is 0 Å². The SMILES string of the molecule is CC1(C)c2ccccc2-c2cc3c4ccccc4n(-c4cc(C#N)cc(-c5cc6sc7cccc8c9ccccc9c(c5)c6c78)c4)c3cc21. The summed E-state index contributed by atoms with van der Waals surface area (Å²) in [5.41, 5.74) is 11.4. The smallest absolute Gasteiger partial charge is 0.0992 e. The third-order valence-corrected chi connectivity index (χ3v) is 12.2. The lowest BCUT2D eigenvalue weighted by molar-refractivity contribution is 0.661. The Morgan fingerprint density at radius 3 is 2.10 bits per heavy atom. The van der Waals surface area contributed by atoms with Gasteiger partial charge in [0.05, 0.1) is 22.7 Å². The Morgan fingerprint density at radius 1 is 0.531 bits per heavy atom. The molecule has 0 aliphatic heterocycles. The fraction of sp³-hybridized carbons (Fsp3) is 0.0652. The average molecular weight is 641 g/mol. The second-order valence-corrected chi connectivity index (χ2v) is 15.1. The van der Waals surface area contributed by atoms with Crippen LogP contribution in [0.25, 0.3) is 91.5 Å². The third-order valence-electron chi connectivity index (χ3n) is 11.1. The number of hydrogen-bond donors (Lipinski definition) is 0. The van der Waals surface area contributed by atoms with Crippen LogP contribution in [-0.4, -0.2) is 4.57 Å². The van der Waals surface area contributed by atoms with Crippen LogP contribution in [0.2, 0.25) is 0 Å². The molecule has 1 aliphatic rings. The minimum atomic E-state index is -0.113. The van der Waals surface area contributed by atoms with Crippen molar-refractivity contribution in [1.29, 1.82) is 5.26 Å². The highest BCUT2D eigenvalue weighted by molar-refractivity contribution is 7.26. The second kappa shape index (κ2) is 9.35. The molecule has 0 atom stereocenters. The zero-order chi connectivity index (χ0) is 32.6. The van der Waals surface area contributed by atoms with Crippen molar-refractivity contribution in [3.8, 4) is 34.0 Å². The number of fused-ring (bicyclic) bond motifs is 9. The standard InChI is InChI=1S/C46H28N2S/c1-46(2)38-15-7-5-12-32(38)35-23-36-33-13-6-8-16-40(33)48(41(36)24-39(35)46)29-19-26(25-47)18-27(20-29)28-21-37-31-11-4-3-10-30(31)34-14-9-17-42-44(34)45(37)43(22-28)49-42/h3-24H,1-2H3. The number of aromatic nitrogens is 1. The summed E-state index contributed by atoms with van der Waals surface area (Å²) in [5, 5.41) is 20.7. The van der Waals surface area contributed by atoms with Gasteiger partial charge < -0.3 is 4.57 Å². The molecule has 0 fully saturated rings. The molecule has 49 heavy (non-hydrogen) atoms. The van der Waals surface area contributed by atoms with Crippen LogP contribution >= 0.6 is 11.3 Å². The van der Waals surface area contributed by atoms with Gasteiger partial charge >= 0.3 is 0 Å². The lowest BCUT2D eigenvalue weighted by Crippen LogP contribution is -2.15. The van der Waals surface area contributed by atoms with E-state index in [-0.39, 0.29) is 5.41 Å². The van der Waals surface area contributed by atoms with Crippen molar-refractivity contribution in [3.63, 3.8) is 0 Å². The maximum Gasteiger partial charge on any atom is 0.0992 e. The molecule has 0 saturated carbocycles. The van der Waals surface area contributed by atoms with Gasteiger partial charge in [0, 0.05) is 42.0 Å². The topological polar surface area (TPSA) is 28.7 Å². The molecule has 0 N–H and O–H groups in total. The van der Waals surface area contributed by atoms with Gasteiger partial charge in [-0.1, -0.05) is 92.7 Å². The van der Waals surface area contributed by atoms with Crippen molar-refractivity contribution < 1.29 is 0 Å². The van der Waals surface area contributed by atoms with Gasteiger partial charge in [-0.3, -0.25) is 0 Å². The Bertz CT molecular complexity index is 3090. The van der Waals surface area contributed by atoms with Gasteiger partial charge in [0.25, 0.3) is 0 Å². The fourth-order valence-corrected chi connectivity index (χ4v) is 10.1. The summed E-state index contributed by atoms with van der Waals surface area (Å²) < 4.78 is 4.97. The van der Waals surface area contributed by atoms with Gasteiger partial charge in [-0.05, 0) is 110 Å². The maximum absolute atomic E-state index is 10.4. The summed E-state index contributed by atoms with van der Waals surface area (Å²) in [6.45, 7) is 4.67. The van der Waals surface area contributed by atoms with Gasteiger partial charge in [-0.15, -0.1) is 11.3 Å². The van der Waals surface area contributed by atoms with E-state index in [1.54, 1.807) is 0 Å². The predicted octanol–water partition coefficient (Wildman–Crippen LogP) is 12.7. The molecule has 2 aromatic heterocycles. The van der Waals surface area contributed by atoms with Crippen molar-refractivity contribution in [2.75, 3.05) is 0 Å². The third kappa shape index (κ3) is 3.49. The molecule has 2 heterocycles. The zero-order valence-electron chi connectivity index (χ0n) is 27.0. The number of nitriles is 1. The molecular weight excluding hydrogens is 613 g/mol. The highest BCUT2D eigenvalue weighted by atomic mass is 32.1. The van der Waals surface area contributed by atoms with Gasteiger partial charge in [0.15, 0.2) is 0 Å². The van der Waals surface area contributed by atoms with E-state index in [1.807, 2.05) is 17.4 Å². The number of para-hydroxylation sites is 1. The molecule has 1 aliphatic carbocycles. The first kappa shape index (κ1) is 27.0. The van der Waals surface area contributed by atoms with Crippen molar-refractivity contribution >= 4 is 74.9 Å². The summed E-state index contributed by atoms with van der Waals surface area (Å²) in [4.78, 5) is 0. The van der Waals surface area contributed by atoms with Crippen LogP contribution in [0.4, 0.5) is 0 Å². The van der Waals surface area contributed by atoms with E-state index in [9.17, 15) is 5.26 Å². The van der Waals surface area contributed by atoms with Crippen molar-refractivity contribution in [1.82, 2.24) is 4.57 Å². The molecular formula is C46H28N2S. The summed E-state index contributed by atoms with van der Waals surface area (Å²) in [6.07, 6.45) is 0. The normalized spacial score (nSPS) is 13.7. The van der Waals surface area contributed by atoms with E-state index in [0.29, 0.717) is 5.56 Å². The number of hydrogen-bond acceptors (Lipinski definition) is 2. The molecule has 2 nitrogen and oxygen atoms in total. The maximum atomic E-state index is 10.4. The summed E-state index contributed by atoms with van der Waals surface area (Å²) in [6, 6.07) is 51.3. The quantitative estimate of drug-likeness (QED) is 0.173. The van der Waals surface area contributed by atoms with Gasteiger partial charge in [0.1, 0.15) is 0 Å². The van der Waals surface area contributed by atoms with Crippen LogP contribution in [-0.2, 0) is 5.41 Å². The Hall–Kier alpha value is -5.95. The van der Waals surface area contributed by atoms with Gasteiger partial charge in [-0.2, -0.15) is 5.26 Å². The molecule has 0 saturated heterocycles. The van der Waals surface area contributed by atoms with E-state index < -0.39 is 0 Å². The molecule has 228 valence electrons. The van der Waals surface area contributed by atoms with E-state index in [0.717, 1.165) is 22.3 Å². The molecule has 11 rings (SSSR count). The number of benzene rings is 8. The highest BCUT2D eigenvalue weighted by Crippen LogP contribution is 2.51. The van der Waals surface area contributed by atoms with E-state index in [2.05, 4.69) is 152 Å². The highest BCUT2D eigenvalue weighted by Gasteiger charge is 2.36. The van der Waals surface area contributed by atoms with Gasteiger partial charge in [-0.25, -0.2) is 0 Å². The van der Waals surface area contributed by atoms with E-state index in [4.69, 9.17) is 0 Å². The minimum Gasteiger partial charge on any atom is -0.309 e. The molecule has 0 bridgehead atoms. The first-order chi connectivity index (χ1) is 24.0. The van der Waals surface area contributed by atoms with Crippen molar-refractivity contribution in [2.45, 2.75) is 19.3 Å². The molecule has 0 unspecified atom stereocenters. The lowest BCUT2D eigenvalue weighted by atomic mass is 9.82. The fourth-order valence-electron chi connectivity index (χ4n) is 8.92. The van der Waals surface area contributed by atoms with Gasteiger partial charge in [0.2, 0.25) is 0 Å². The van der Waals surface area contributed by atoms with Crippen LogP contribution in [0, 0.1) is 11.3 Å². The molecule has 8 aromatic carbocycles. The molecule has 0 radical (unpaired) electrons. The van der Waals surface area contributed by atoms with Crippen LogP contribution < -0.4 is 0 Å². The van der Waals surface area contributed by atoms with Crippen molar-refractivity contribution in [2.24, 2.45) is 0 Å². The first-order valence-corrected chi connectivity index (χ1v) is 17.6. The molecule has 0 amide bonds. The molecule has 10 aromatic rings. The van der Waals surface area contributed by atoms with Crippen LogP contribution in [0.3, 0.4) is 0 Å².